The number of hydrogen-bond donors (Lipinski definition) is 2. The Kier molecular flexibility index (Phi) is 2.60. The summed E-state index contributed by atoms with van der Waals surface area (Å²) in [5.41, 5.74) is 9.76. The third-order valence-corrected chi connectivity index (χ3v) is 3.23. The van der Waals surface area contributed by atoms with E-state index in [-0.39, 0.29) is 5.78 Å². The molecule has 0 amide bonds. The lowest BCUT2D eigenvalue weighted by Crippen LogP contribution is -2.01. The number of aryl methyl sites for hydroxylation is 1. The summed E-state index contributed by atoms with van der Waals surface area (Å²) in [7, 11) is 0. The molecule has 19 heavy (non-hydrogen) atoms. The number of carbonyl (C=O) groups is 1. The third-order valence-electron chi connectivity index (χ3n) is 3.23. The molecule has 0 aliphatic rings. The molecule has 94 valence electrons. The normalized spacial score (nSPS) is 10.8. The van der Waals surface area contributed by atoms with Gasteiger partial charge in [0.25, 0.3) is 0 Å². The van der Waals surface area contributed by atoms with Crippen LogP contribution in [0.3, 0.4) is 0 Å². The molecule has 0 unspecified atom stereocenters. The highest BCUT2D eigenvalue weighted by atomic mass is 16.1. The van der Waals surface area contributed by atoms with Crippen molar-refractivity contribution in [1.82, 2.24) is 4.98 Å². The Hall–Kier alpha value is -2.55. The van der Waals surface area contributed by atoms with Crippen molar-refractivity contribution in [3.05, 3.63) is 65.4 Å². The maximum atomic E-state index is 12.5. The van der Waals surface area contributed by atoms with Crippen molar-refractivity contribution in [2.75, 3.05) is 5.73 Å². The van der Waals surface area contributed by atoms with Gasteiger partial charge in [0.05, 0.1) is 0 Å². The van der Waals surface area contributed by atoms with E-state index < -0.39 is 0 Å². The first-order chi connectivity index (χ1) is 9.15. The molecule has 0 aliphatic carbocycles. The minimum Gasteiger partial charge on any atom is -0.399 e. The van der Waals surface area contributed by atoms with E-state index in [4.69, 9.17) is 5.73 Å². The van der Waals surface area contributed by atoms with Gasteiger partial charge in [0, 0.05) is 33.9 Å². The van der Waals surface area contributed by atoms with Gasteiger partial charge in [-0.05, 0) is 30.7 Å². The number of fused-ring (bicyclic) bond motifs is 1. The molecule has 0 atom stereocenters. The Morgan fingerprint density at radius 1 is 1.16 bits per heavy atom. The van der Waals surface area contributed by atoms with E-state index in [1.807, 2.05) is 25.1 Å². The van der Waals surface area contributed by atoms with Gasteiger partial charge >= 0.3 is 0 Å². The van der Waals surface area contributed by atoms with E-state index in [2.05, 4.69) is 4.98 Å². The predicted octanol–water partition coefficient (Wildman–Crippen LogP) is 3.29. The number of rotatable bonds is 2. The zero-order valence-electron chi connectivity index (χ0n) is 10.6. The van der Waals surface area contributed by atoms with Crippen molar-refractivity contribution in [1.29, 1.82) is 0 Å². The van der Waals surface area contributed by atoms with E-state index in [1.165, 1.54) is 0 Å². The second kappa shape index (κ2) is 4.28. The number of carbonyl (C=O) groups excluding carboxylic acids is 1. The van der Waals surface area contributed by atoms with Crippen LogP contribution in [0.5, 0.6) is 0 Å². The van der Waals surface area contributed by atoms with E-state index in [9.17, 15) is 4.79 Å². The fraction of sp³-hybridized carbons (Fsp3) is 0.0625. The molecule has 0 fully saturated rings. The number of H-pyrrole nitrogens is 1. The lowest BCUT2D eigenvalue weighted by atomic mass is 10.0. The summed E-state index contributed by atoms with van der Waals surface area (Å²) in [6, 6.07) is 13.1. The maximum absolute atomic E-state index is 12.5. The summed E-state index contributed by atoms with van der Waals surface area (Å²) in [5, 5.41) is 0.943. The number of nitrogen functional groups attached to an aromatic ring is 1. The van der Waals surface area contributed by atoms with Crippen LogP contribution in [0.15, 0.2) is 48.7 Å². The molecule has 1 aromatic heterocycles. The quantitative estimate of drug-likeness (QED) is 0.541. The first-order valence-corrected chi connectivity index (χ1v) is 6.13. The number of anilines is 1. The lowest BCUT2D eigenvalue weighted by Gasteiger charge is -2.01. The van der Waals surface area contributed by atoms with Crippen LogP contribution in [-0.4, -0.2) is 10.8 Å². The van der Waals surface area contributed by atoms with E-state index in [0.29, 0.717) is 16.8 Å². The monoisotopic (exact) mass is 250 g/mol. The van der Waals surface area contributed by atoms with Crippen LogP contribution in [-0.2, 0) is 0 Å². The van der Waals surface area contributed by atoms with E-state index in [0.717, 1.165) is 16.5 Å². The van der Waals surface area contributed by atoms with Gasteiger partial charge in [0.2, 0.25) is 0 Å². The molecule has 0 aliphatic heterocycles. The molecule has 2 aromatic carbocycles. The first kappa shape index (κ1) is 11.5. The highest BCUT2D eigenvalue weighted by Crippen LogP contribution is 2.22. The fourth-order valence-electron chi connectivity index (χ4n) is 2.26. The molecule has 3 nitrogen and oxygen atoms in total. The Morgan fingerprint density at radius 3 is 2.79 bits per heavy atom. The van der Waals surface area contributed by atoms with Gasteiger partial charge in [-0.25, -0.2) is 0 Å². The lowest BCUT2D eigenvalue weighted by molar-refractivity contribution is 0.104. The molecule has 3 rings (SSSR count). The first-order valence-electron chi connectivity index (χ1n) is 6.13. The summed E-state index contributed by atoms with van der Waals surface area (Å²) < 4.78 is 0. The van der Waals surface area contributed by atoms with Crippen LogP contribution in [0, 0.1) is 6.92 Å². The van der Waals surface area contributed by atoms with E-state index in [1.54, 1.807) is 30.5 Å². The molecule has 0 saturated carbocycles. The number of nitrogens with one attached hydrogen (secondary N) is 1. The van der Waals surface area contributed by atoms with Crippen molar-refractivity contribution in [3.63, 3.8) is 0 Å². The topological polar surface area (TPSA) is 58.9 Å². The SMILES string of the molecule is Cc1ccc2c(C(=O)c3cccc(N)c3)c[nH]c2c1. The molecule has 0 saturated heterocycles. The average molecular weight is 250 g/mol. The third kappa shape index (κ3) is 1.99. The van der Waals surface area contributed by atoms with Crippen LogP contribution in [0.25, 0.3) is 10.9 Å². The molecule has 3 heteroatoms. The molecular formula is C16H14N2O. The van der Waals surface area contributed by atoms with E-state index >= 15 is 0 Å². The Bertz CT molecular complexity index is 771. The van der Waals surface area contributed by atoms with Gasteiger partial charge in [-0.15, -0.1) is 0 Å². The summed E-state index contributed by atoms with van der Waals surface area (Å²) in [5.74, 6) is -0.0117. The number of nitrogens with two attached hydrogens (primary N) is 1. The molecule has 3 aromatic rings. The smallest absolute Gasteiger partial charge is 0.195 e. The fourth-order valence-corrected chi connectivity index (χ4v) is 2.26. The highest BCUT2D eigenvalue weighted by molar-refractivity contribution is 6.16. The van der Waals surface area contributed by atoms with Crippen molar-refractivity contribution < 1.29 is 4.79 Å². The van der Waals surface area contributed by atoms with Gasteiger partial charge in [-0.3, -0.25) is 4.79 Å². The van der Waals surface area contributed by atoms with Gasteiger partial charge in [0.1, 0.15) is 0 Å². The van der Waals surface area contributed by atoms with Gasteiger partial charge in [-0.1, -0.05) is 24.3 Å². The van der Waals surface area contributed by atoms with Crippen LogP contribution in [0.1, 0.15) is 21.5 Å². The zero-order chi connectivity index (χ0) is 13.4. The number of ketones is 1. The maximum Gasteiger partial charge on any atom is 0.195 e. The summed E-state index contributed by atoms with van der Waals surface area (Å²) in [6.45, 7) is 2.03. The Balaban J connectivity index is 2.12. The Morgan fingerprint density at radius 2 is 2.00 bits per heavy atom. The van der Waals surface area contributed by atoms with Crippen molar-refractivity contribution in [2.24, 2.45) is 0 Å². The molecule has 1 heterocycles. The predicted molar refractivity (Wildman–Crippen MR) is 77.3 cm³/mol. The summed E-state index contributed by atoms with van der Waals surface area (Å²) in [4.78, 5) is 15.6. The number of benzene rings is 2. The van der Waals surface area contributed by atoms with Gasteiger partial charge in [-0.2, -0.15) is 0 Å². The number of aromatic nitrogens is 1. The van der Waals surface area contributed by atoms with Crippen LogP contribution < -0.4 is 5.73 Å². The summed E-state index contributed by atoms with van der Waals surface area (Å²) in [6.07, 6.45) is 1.76. The Labute approximate surface area is 111 Å². The summed E-state index contributed by atoms with van der Waals surface area (Å²) >= 11 is 0. The van der Waals surface area contributed by atoms with Crippen LogP contribution in [0.4, 0.5) is 5.69 Å². The molecule has 3 N–H and O–H groups in total. The van der Waals surface area contributed by atoms with Crippen molar-refractivity contribution in [3.8, 4) is 0 Å². The molecule has 0 radical (unpaired) electrons. The van der Waals surface area contributed by atoms with Crippen LogP contribution in [0.2, 0.25) is 0 Å². The highest BCUT2D eigenvalue weighted by Gasteiger charge is 2.14. The zero-order valence-corrected chi connectivity index (χ0v) is 10.6. The number of aromatic amines is 1. The molecule has 0 bridgehead atoms. The average Bonchev–Trinajstić information content (AvgIpc) is 2.80. The van der Waals surface area contributed by atoms with Gasteiger partial charge in [0.15, 0.2) is 5.78 Å². The number of hydrogen-bond acceptors (Lipinski definition) is 2. The standard InChI is InChI=1S/C16H14N2O/c1-10-5-6-13-14(9-18-15(13)7-10)16(19)11-3-2-4-12(17)8-11/h2-9,18H,17H2,1H3. The largest absolute Gasteiger partial charge is 0.399 e. The minimum atomic E-state index is -0.0117. The second-order valence-corrected chi connectivity index (χ2v) is 4.71. The van der Waals surface area contributed by atoms with Crippen molar-refractivity contribution >= 4 is 22.4 Å². The van der Waals surface area contributed by atoms with Crippen molar-refractivity contribution in [2.45, 2.75) is 6.92 Å². The minimum absolute atomic E-state index is 0.0117. The molecule has 0 spiro atoms. The van der Waals surface area contributed by atoms with Crippen LogP contribution >= 0.6 is 0 Å². The second-order valence-electron chi connectivity index (χ2n) is 4.71. The molecular weight excluding hydrogens is 236 g/mol. The van der Waals surface area contributed by atoms with Gasteiger partial charge < -0.3 is 10.7 Å².